The SMILES string of the molecule is CCCCOCCCNCc1cc(OC)c2c(c1)OCO2. The zero-order valence-electron chi connectivity index (χ0n) is 12.9. The third kappa shape index (κ3) is 4.79. The van der Waals surface area contributed by atoms with Gasteiger partial charge in [0.05, 0.1) is 7.11 Å². The molecule has 1 N–H and O–H groups in total. The molecule has 1 aliphatic heterocycles. The summed E-state index contributed by atoms with van der Waals surface area (Å²) in [5.74, 6) is 2.18. The second kappa shape index (κ2) is 8.74. The number of ether oxygens (including phenoxy) is 4. The minimum atomic E-state index is 0.262. The summed E-state index contributed by atoms with van der Waals surface area (Å²) in [6.07, 6.45) is 3.35. The van der Waals surface area contributed by atoms with Crippen molar-refractivity contribution in [3.8, 4) is 17.2 Å². The fourth-order valence-electron chi connectivity index (χ4n) is 2.17. The minimum Gasteiger partial charge on any atom is -0.493 e. The van der Waals surface area contributed by atoms with E-state index in [0.29, 0.717) is 5.75 Å². The van der Waals surface area contributed by atoms with Crippen LogP contribution in [0.25, 0.3) is 0 Å². The largest absolute Gasteiger partial charge is 0.493 e. The monoisotopic (exact) mass is 295 g/mol. The van der Waals surface area contributed by atoms with E-state index >= 15 is 0 Å². The molecule has 0 saturated heterocycles. The van der Waals surface area contributed by atoms with Crippen LogP contribution >= 0.6 is 0 Å². The standard InChI is InChI=1S/C16H25NO4/c1-3-4-7-19-8-5-6-17-11-13-9-14(18-2)16-15(10-13)20-12-21-16/h9-10,17H,3-8,11-12H2,1-2H3. The third-order valence-corrected chi connectivity index (χ3v) is 3.33. The second-order valence-electron chi connectivity index (χ2n) is 5.03. The third-order valence-electron chi connectivity index (χ3n) is 3.33. The summed E-state index contributed by atoms with van der Waals surface area (Å²) in [5.41, 5.74) is 1.13. The number of hydrogen-bond donors (Lipinski definition) is 1. The van der Waals surface area contributed by atoms with Gasteiger partial charge in [-0.3, -0.25) is 0 Å². The van der Waals surface area contributed by atoms with E-state index in [1.807, 2.05) is 12.1 Å². The molecule has 1 aromatic rings. The van der Waals surface area contributed by atoms with Gasteiger partial charge >= 0.3 is 0 Å². The molecule has 0 aliphatic carbocycles. The Labute approximate surface area is 126 Å². The van der Waals surface area contributed by atoms with Crippen molar-refractivity contribution in [2.75, 3.05) is 33.7 Å². The smallest absolute Gasteiger partial charge is 0.231 e. The molecule has 1 aliphatic rings. The maximum atomic E-state index is 5.53. The van der Waals surface area contributed by atoms with Crippen LogP contribution in [-0.4, -0.2) is 33.7 Å². The lowest BCUT2D eigenvalue weighted by Gasteiger charge is -2.09. The van der Waals surface area contributed by atoms with E-state index in [0.717, 1.165) is 56.2 Å². The van der Waals surface area contributed by atoms with Crippen molar-refractivity contribution in [1.82, 2.24) is 5.32 Å². The van der Waals surface area contributed by atoms with Crippen molar-refractivity contribution in [3.05, 3.63) is 17.7 Å². The highest BCUT2D eigenvalue weighted by Crippen LogP contribution is 2.41. The van der Waals surface area contributed by atoms with Crippen molar-refractivity contribution in [1.29, 1.82) is 0 Å². The molecule has 0 atom stereocenters. The predicted molar refractivity (Wildman–Crippen MR) is 81.2 cm³/mol. The van der Waals surface area contributed by atoms with Gasteiger partial charge in [-0.1, -0.05) is 13.3 Å². The summed E-state index contributed by atoms with van der Waals surface area (Å²) in [7, 11) is 1.64. The first kappa shape index (κ1) is 15.9. The van der Waals surface area contributed by atoms with Crippen LogP contribution in [0.15, 0.2) is 12.1 Å². The van der Waals surface area contributed by atoms with Gasteiger partial charge in [0.1, 0.15) is 0 Å². The summed E-state index contributed by atoms with van der Waals surface area (Å²) in [6, 6.07) is 3.98. The molecule has 1 heterocycles. The van der Waals surface area contributed by atoms with Gasteiger partial charge in [0.25, 0.3) is 0 Å². The van der Waals surface area contributed by atoms with Gasteiger partial charge in [-0.25, -0.2) is 0 Å². The zero-order valence-corrected chi connectivity index (χ0v) is 12.9. The van der Waals surface area contributed by atoms with Gasteiger partial charge in [-0.2, -0.15) is 0 Å². The molecule has 0 radical (unpaired) electrons. The molecule has 21 heavy (non-hydrogen) atoms. The first-order valence-corrected chi connectivity index (χ1v) is 7.60. The molecule has 1 aromatic carbocycles. The summed E-state index contributed by atoms with van der Waals surface area (Å²) in [4.78, 5) is 0. The maximum Gasteiger partial charge on any atom is 0.231 e. The lowest BCUT2D eigenvalue weighted by Crippen LogP contribution is -2.16. The lowest BCUT2D eigenvalue weighted by molar-refractivity contribution is 0.128. The zero-order chi connectivity index (χ0) is 14.9. The highest BCUT2D eigenvalue weighted by molar-refractivity contribution is 5.55. The lowest BCUT2D eigenvalue weighted by atomic mass is 10.2. The Balaban J connectivity index is 1.69. The average Bonchev–Trinajstić information content (AvgIpc) is 2.97. The minimum absolute atomic E-state index is 0.262. The van der Waals surface area contributed by atoms with Crippen LogP contribution in [0.2, 0.25) is 0 Å². The Kier molecular flexibility index (Phi) is 6.63. The molecule has 2 rings (SSSR count). The fraction of sp³-hybridized carbons (Fsp3) is 0.625. The second-order valence-corrected chi connectivity index (χ2v) is 5.03. The molecule has 0 saturated carbocycles. The molecule has 0 unspecified atom stereocenters. The van der Waals surface area contributed by atoms with Crippen molar-refractivity contribution >= 4 is 0 Å². The Morgan fingerprint density at radius 1 is 1.19 bits per heavy atom. The van der Waals surface area contributed by atoms with E-state index in [1.54, 1.807) is 7.11 Å². The molecule has 0 spiro atoms. The van der Waals surface area contributed by atoms with Gasteiger partial charge in [-0.05, 0) is 37.1 Å². The molecule has 5 nitrogen and oxygen atoms in total. The molecule has 5 heteroatoms. The number of fused-ring (bicyclic) bond motifs is 1. The molecule has 0 amide bonds. The van der Waals surface area contributed by atoms with Gasteiger partial charge in [0, 0.05) is 19.8 Å². The summed E-state index contributed by atoms with van der Waals surface area (Å²) >= 11 is 0. The number of hydrogen-bond acceptors (Lipinski definition) is 5. The van der Waals surface area contributed by atoms with Crippen LogP contribution in [0.1, 0.15) is 31.7 Å². The molecule has 118 valence electrons. The molecule has 0 bridgehead atoms. The first-order valence-electron chi connectivity index (χ1n) is 7.60. The van der Waals surface area contributed by atoms with Gasteiger partial charge in [-0.15, -0.1) is 0 Å². The van der Waals surface area contributed by atoms with E-state index in [4.69, 9.17) is 18.9 Å². The summed E-state index contributed by atoms with van der Waals surface area (Å²) < 4.78 is 21.6. The predicted octanol–water partition coefficient (Wildman–Crippen LogP) is 2.72. The van der Waals surface area contributed by atoms with E-state index in [2.05, 4.69) is 12.2 Å². The van der Waals surface area contributed by atoms with Crippen molar-refractivity contribution in [3.63, 3.8) is 0 Å². The summed E-state index contributed by atoms with van der Waals surface area (Å²) in [6.45, 7) is 5.83. The normalized spacial score (nSPS) is 12.7. The van der Waals surface area contributed by atoms with Gasteiger partial charge in [0.2, 0.25) is 12.5 Å². The van der Waals surface area contributed by atoms with Crippen LogP contribution < -0.4 is 19.5 Å². The number of benzene rings is 1. The molecule has 0 fully saturated rings. The van der Waals surface area contributed by atoms with Crippen LogP contribution in [0.3, 0.4) is 0 Å². The first-order chi connectivity index (χ1) is 10.3. The Morgan fingerprint density at radius 3 is 2.86 bits per heavy atom. The fourth-order valence-corrected chi connectivity index (χ4v) is 2.17. The van der Waals surface area contributed by atoms with Crippen LogP contribution in [-0.2, 0) is 11.3 Å². The van der Waals surface area contributed by atoms with Crippen LogP contribution in [0, 0.1) is 0 Å². The van der Waals surface area contributed by atoms with E-state index in [9.17, 15) is 0 Å². The van der Waals surface area contributed by atoms with E-state index in [1.165, 1.54) is 6.42 Å². The highest BCUT2D eigenvalue weighted by Gasteiger charge is 2.19. The van der Waals surface area contributed by atoms with Crippen molar-refractivity contribution < 1.29 is 18.9 Å². The average molecular weight is 295 g/mol. The van der Waals surface area contributed by atoms with Crippen LogP contribution in [0.5, 0.6) is 17.2 Å². The number of unbranched alkanes of at least 4 members (excludes halogenated alkanes) is 1. The Bertz CT molecular complexity index is 437. The van der Waals surface area contributed by atoms with E-state index in [-0.39, 0.29) is 6.79 Å². The number of rotatable bonds is 10. The molecular formula is C16H25NO4. The Morgan fingerprint density at radius 2 is 2.05 bits per heavy atom. The molecular weight excluding hydrogens is 270 g/mol. The number of nitrogens with one attached hydrogen (secondary N) is 1. The van der Waals surface area contributed by atoms with Crippen molar-refractivity contribution in [2.24, 2.45) is 0 Å². The van der Waals surface area contributed by atoms with Gasteiger partial charge < -0.3 is 24.3 Å². The maximum absolute atomic E-state index is 5.53. The van der Waals surface area contributed by atoms with Crippen LogP contribution in [0.4, 0.5) is 0 Å². The van der Waals surface area contributed by atoms with E-state index < -0.39 is 0 Å². The Hall–Kier alpha value is -1.46. The highest BCUT2D eigenvalue weighted by atomic mass is 16.7. The van der Waals surface area contributed by atoms with Crippen molar-refractivity contribution in [2.45, 2.75) is 32.7 Å². The quantitative estimate of drug-likeness (QED) is 0.673. The molecule has 0 aromatic heterocycles. The topological polar surface area (TPSA) is 49.0 Å². The van der Waals surface area contributed by atoms with Gasteiger partial charge in [0.15, 0.2) is 11.5 Å². The summed E-state index contributed by atoms with van der Waals surface area (Å²) in [5, 5.41) is 3.40. The number of methoxy groups -OCH3 is 1.